The van der Waals surface area contributed by atoms with Gasteiger partial charge in [-0.1, -0.05) is 49.4 Å². The standard InChI is InChI=1S/C22H24FNO3/c1-2-20(21(23)22(25)24-12-14-26-15-13-24)18-8-10-19(11-9-18)27-16-17-6-4-3-5-7-17/h3-11H,2,12-16H2,1H3/b21-20+. The molecule has 0 N–H and O–H groups in total. The molecule has 2 aromatic carbocycles. The van der Waals surface area contributed by atoms with Gasteiger partial charge >= 0.3 is 0 Å². The second kappa shape index (κ2) is 9.33. The maximum absolute atomic E-state index is 14.8. The first-order valence-corrected chi connectivity index (χ1v) is 9.22. The summed E-state index contributed by atoms with van der Waals surface area (Å²) in [6.45, 7) is 4.08. The molecule has 27 heavy (non-hydrogen) atoms. The predicted octanol–water partition coefficient (Wildman–Crippen LogP) is 4.22. The van der Waals surface area contributed by atoms with Crippen molar-refractivity contribution in [3.63, 3.8) is 0 Å². The van der Waals surface area contributed by atoms with E-state index in [2.05, 4.69) is 0 Å². The Morgan fingerprint density at radius 1 is 1.07 bits per heavy atom. The van der Waals surface area contributed by atoms with E-state index in [0.717, 1.165) is 5.56 Å². The Kier molecular flexibility index (Phi) is 6.60. The molecule has 0 radical (unpaired) electrons. The van der Waals surface area contributed by atoms with Gasteiger partial charge in [0.15, 0.2) is 5.83 Å². The van der Waals surface area contributed by atoms with E-state index in [0.29, 0.717) is 56.2 Å². The predicted molar refractivity (Wildman–Crippen MR) is 103 cm³/mol. The van der Waals surface area contributed by atoms with Gasteiger partial charge in [0, 0.05) is 18.7 Å². The van der Waals surface area contributed by atoms with Gasteiger partial charge in [-0.05, 0) is 29.7 Å². The highest BCUT2D eigenvalue weighted by Gasteiger charge is 2.23. The molecule has 1 fully saturated rings. The number of allylic oxidation sites excluding steroid dienone is 1. The number of amides is 1. The van der Waals surface area contributed by atoms with Crippen molar-refractivity contribution in [2.45, 2.75) is 20.0 Å². The van der Waals surface area contributed by atoms with Crippen molar-refractivity contribution in [1.29, 1.82) is 0 Å². The highest BCUT2D eigenvalue weighted by atomic mass is 19.1. The van der Waals surface area contributed by atoms with Gasteiger partial charge in [-0.2, -0.15) is 0 Å². The van der Waals surface area contributed by atoms with Crippen molar-refractivity contribution in [2.24, 2.45) is 0 Å². The molecular weight excluding hydrogens is 345 g/mol. The molecule has 0 bridgehead atoms. The van der Waals surface area contributed by atoms with Crippen LogP contribution in [0.5, 0.6) is 5.75 Å². The first kappa shape index (κ1) is 19.1. The number of carbonyl (C=O) groups is 1. The number of ether oxygens (including phenoxy) is 2. The second-order valence-corrected chi connectivity index (χ2v) is 6.35. The third-order valence-corrected chi connectivity index (χ3v) is 4.56. The van der Waals surface area contributed by atoms with Gasteiger partial charge in [0.25, 0.3) is 5.91 Å². The Bertz CT molecular complexity index is 781. The number of benzene rings is 2. The van der Waals surface area contributed by atoms with Gasteiger partial charge < -0.3 is 14.4 Å². The van der Waals surface area contributed by atoms with Crippen LogP contribution in [0.4, 0.5) is 4.39 Å². The lowest BCUT2D eigenvalue weighted by atomic mass is 10.0. The minimum atomic E-state index is -0.683. The molecule has 0 aliphatic carbocycles. The summed E-state index contributed by atoms with van der Waals surface area (Å²) < 4.78 is 25.8. The number of hydrogen-bond donors (Lipinski definition) is 0. The van der Waals surface area contributed by atoms with Gasteiger partial charge in [0.2, 0.25) is 0 Å². The van der Waals surface area contributed by atoms with E-state index in [1.807, 2.05) is 37.3 Å². The number of halogens is 1. The van der Waals surface area contributed by atoms with Crippen LogP contribution in [0.1, 0.15) is 24.5 Å². The summed E-state index contributed by atoms with van der Waals surface area (Å²) in [7, 11) is 0. The monoisotopic (exact) mass is 369 g/mol. The molecule has 0 aromatic heterocycles. The normalized spacial score (nSPS) is 15.3. The number of carbonyl (C=O) groups excluding carboxylic acids is 1. The van der Waals surface area contributed by atoms with Crippen molar-refractivity contribution < 1.29 is 18.7 Å². The maximum Gasteiger partial charge on any atom is 0.283 e. The van der Waals surface area contributed by atoms with E-state index < -0.39 is 11.7 Å². The van der Waals surface area contributed by atoms with Crippen LogP contribution in [0.2, 0.25) is 0 Å². The first-order valence-electron chi connectivity index (χ1n) is 9.22. The van der Waals surface area contributed by atoms with Crippen LogP contribution in [0, 0.1) is 0 Å². The van der Waals surface area contributed by atoms with E-state index >= 15 is 0 Å². The zero-order valence-corrected chi connectivity index (χ0v) is 15.5. The number of nitrogens with zero attached hydrogens (tertiary/aromatic N) is 1. The van der Waals surface area contributed by atoms with Crippen molar-refractivity contribution in [2.75, 3.05) is 26.3 Å². The van der Waals surface area contributed by atoms with Gasteiger partial charge in [-0.25, -0.2) is 4.39 Å². The summed E-state index contributed by atoms with van der Waals surface area (Å²) in [4.78, 5) is 13.9. The molecule has 2 aromatic rings. The summed E-state index contributed by atoms with van der Waals surface area (Å²) >= 11 is 0. The molecule has 1 saturated heterocycles. The minimum absolute atomic E-state index is 0.418. The van der Waals surface area contributed by atoms with Gasteiger partial charge in [0.1, 0.15) is 12.4 Å². The Hall–Kier alpha value is -2.66. The molecule has 1 heterocycles. The Morgan fingerprint density at radius 2 is 1.74 bits per heavy atom. The summed E-state index contributed by atoms with van der Waals surface area (Å²) in [5, 5.41) is 0. The van der Waals surface area contributed by atoms with Crippen LogP contribution in [-0.4, -0.2) is 37.1 Å². The summed E-state index contributed by atoms with van der Waals surface area (Å²) in [5.74, 6) is -0.533. The average molecular weight is 369 g/mol. The Morgan fingerprint density at radius 3 is 2.37 bits per heavy atom. The molecule has 0 spiro atoms. The third-order valence-electron chi connectivity index (χ3n) is 4.56. The third kappa shape index (κ3) is 4.95. The van der Waals surface area contributed by atoms with E-state index in [4.69, 9.17) is 9.47 Å². The fourth-order valence-electron chi connectivity index (χ4n) is 3.01. The second-order valence-electron chi connectivity index (χ2n) is 6.35. The maximum atomic E-state index is 14.8. The van der Waals surface area contributed by atoms with Crippen molar-refractivity contribution >= 4 is 11.5 Å². The smallest absolute Gasteiger partial charge is 0.283 e. The average Bonchev–Trinajstić information content (AvgIpc) is 2.74. The van der Waals surface area contributed by atoms with Crippen LogP contribution in [0.3, 0.4) is 0 Å². The zero-order valence-electron chi connectivity index (χ0n) is 15.5. The summed E-state index contributed by atoms with van der Waals surface area (Å²) in [5.41, 5.74) is 2.20. The molecule has 4 nitrogen and oxygen atoms in total. The van der Waals surface area contributed by atoms with Gasteiger partial charge in [-0.3, -0.25) is 4.79 Å². The number of hydrogen-bond acceptors (Lipinski definition) is 3. The summed E-state index contributed by atoms with van der Waals surface area (Å²) in [6, 6.07) is 17.1. The van der Waals surface area contributed by atoms with Crippen LogP contribution in [0.25, 0.3) is 5.57 Å². The van der Waals surface area contributed by atoms with Crippen molar-refractivity contribution in [3.8, 4) is 5.75 Å². The fourth-order valence-corrected chi connectivity index (χ4v) is 3.01. The highest BCUT2D eigenvalue weighted by Crippen LogP contribution is 2.27. The lowest BCUT2D eigenvalue weighted by Gasteiger charge is -2.26. The molecule has 0 saturated carbocycles. The van der Waals surface area contributed by atoms with E-state index in [1.165, 1.54) is 4.90 Å². The minimum Gasteiger partial charge on any atom is -0.489 e. The quantitative estimate of drug-likeness (QED) is 0.716. The molecule has 1 amide bonds. The zero-order chi connectivity index (χ0) is 19.1. The SMILES string of the molecule is CC/C(=C(\F)C(=O)N1CCOCC1)c1ccc(OCc2ccccc2)cc1. The lowest BCUT2D eigenvalue weighted by Crippen LogP contribution is -2.41. The van der Waals surface area contributed by atoms with Crippen LogP contribution >= 0.6 is 0 Å². The molecule has 1 aliphatic rings. The first-order chi connectivity index (χ1) is 13.2. The largest absolute Gasteiger partial charge is 0.489 e. The van der Waals surface area contributed by atoms with E-state index in [-0.39, 0.29) is 0 Å². The van der Waals surface area contributed by atoms with Crippen molar-refractivity contribution in [3.05, 3.63) is 71.6 Å². The van der Waals surface area contributed by atoms with E-state index in [1.54, 1.807) is 24.3 Å². The molecule has 1 aliphatic heterocycles. The van der Waals surface area contributed by atoms with Crippen LogP contribution < -0.4 is 4.74 Å². The van der Waals surface area contributed by atoms with E-state index in [9.17, 15) is 9.18 Å². The molecule has 142 valence electrons. The number of rotatable bonds is 6. The van der Waals surface area contributed by atoms with Crippen molar-refractivity contribution in [1.82, 2.24) is 4.90 Å². The summed E-state index contributed by atoms with van der Waals surface area (Å²) in [6.07, 6.45) is 0.437. The topological polar surface area (TPSA) is 38.8 Å². The Labute approximate surface area is 159 Å². The molecule has 0 atom stereocenters. The highest BCUT2D eigenvalue weighted by molar-refractivity contribution is 5.99. The van der Waals surface area contributed by atoms with Crippen LogP contribution in [-0.2, 0) is 16.1 Å². The van der Waals surface area contributed by atoms with Gasteiger partial charge in [0.05, 0.1) is 13.2 Å². The molecule has 3 rings (SSSR count). The molecule has 0 unspecified atom stereocenters. The lowest BCUT2D eigenvalue weighted by molar-refractivity contribution is -0.132. The molecular formula is C22H24FNO3. The van der Waals surface area contributed by atoms with Gasteiger partial charge in [-0.15, -0.1) is 0 Å². The number of morpholine rings is 1. The Balaban J connectivity index is 1.70. The van der Waals surface area contributed by atoms with Crippen LogP contribution in [0.15, 0.2) is 60.4 Å². The fraction of sp³-hybridized carbons (Fsp3) is 0.318. The molecule has 5 heteroatoms.